The van der Waals surface area contributed by atoms with E-state index in [1.165, 1.54) is 0 Å². The second kappa shape index (κ2) is 4.57. The molecule has 3 rings (SSSR count). The Bertz CT molecular complexity index is 885. The Kier molecular flexibility index (Phi) is 2.73. The SMILES string of the molecule is O=c1[nH]c2c(c(=O)[nH]1)/N=N\c1c([nH]c(=O)[nH]c1=O)ONO2. The molecular formula is C8H5N7O6. The van der Waals surface area contributed by atoms with E-state index in [4.69, 9.17) is 9.68 Å². The average molecular weight is 295 g/mol. The van der Waals surface area contributed by atoms with E-state index in [0.29, 0.717) is 0 Å². The van der Waals surface area contributed by atoms with Gasteiger partial charge in [0, 0.05) is 5.64 Å². The van der Waals surface area contributed by atoms with E-state index in [9.17, 15) is 19.2 Å². The molecule has 5 N–H and O–H groups in total. The van der Waals surface area contributed by atoms with Gasteiger partial charge in [-0.05, 0) is 0 Å². The first kappa shape index (κ1) is 12.5. The molecule has 2 aromatic rings. The number of azo groups is 1. The quantitative estimate of drug-likeness (QED) is 0.373. The molecule has 0 radical (unpaired) electrons. The number of nitrogens with one attached hydrogen (secondary N) is 5. The molecule has 0 saturated carbocycles. The molecule has 0 aliphatic carbocycles. The summed E-state index contributed by atoms with van der Waals surface area (Å²) in [5.74, 6) is -0.779. The first-order valence-electron chi connectivity index (χ1n) is 5.28. The van der Waals surface area contributed by atoms with Crippen LogP contribution in [0.15, 0.2) is 29.4 Å². The number of fused-ring (bicyclic) bond motifs is 2. The summed E-state index contributed by atoms with van der Waals surface area (Å²) in [6.07, 6.45) is 0. The summed E-state index contributed by atoms with van der Waals surface area (Å²) in [5.41, 5.74) is -2.44. The zero-order valence-corrected chi connectivity index (χ0v) is 9.84. The fraction of sp³-hybridized carbons (Fsp3) is 0. The molecule has 3 heterocycles. The molecule has 13 nitrogen and oxygen atoms in total. The van der Waals surface area contributed by atoms with Gasteiger partial charge in [-0.15, -0.1) is 10.2 Å². The maximum Gasteiger partial charge on any atom is 0.328 e. The van der Waals surface area contributed by atoms with Crippen molar-refractivity contribution in [3.63, 3.8) is 0 Å². The molecule has 0 atom stereocenters. The Morgan fingerprint density at radius 2 is 1.10 bits per heavy atom. The highest BCUT2D eigenvalue weighted by atomic mass is 16.9. The average Bonchev–Trinajstić information content (AvgIpc) is 2.47. The van der Waals surface area contributed by atoms with Gasteiger partial charge < -0.3 is 9.68 Å². The summed E-state index contributed by atoms with van der Waals surface area (Å²) in [4.78, 5) is 63.0. The van der Waals surface area contributed by atoms with Crippen LogP contribution in [0.3, 0.4) is 0 Å². The Balaban J connectivity index is 2.24. The molecule has 1 aliphatic rings. The van der Waals surface area contributed by atoms with Gasteiger partial charge in [-0.3, -0.25) is 29.5 Å². The van der Waals surface area contributed by atoms with Gasteiger partial charge in [-0.2, -0.15) is 0 Å². The molecule has 0 spiro atoms. The lowest BCUT2D eigenvalue weighted by molar-refractivity contribution is -0.0253. The zero-order valence-electron chi connectivity index (χ0n) is 9.84. The second-order valence-electron chi connectivity index (χ2n) is 3.66. The van der Waals surface area contributed by atoms with Gasteiger partial charge in [0.25, 0.3) is 22.9 Å². The Labute approximate surface area is 111 Å². The predicted molar refractivity (Wildman–Crippen MR) is 63.9 cm³/mol. The number of nitrogens with zero attached hydrogens (tertiary/aromatic N) is 2. The Morgan fingerprint density at radius 3 is 1.52 bits per heavy atom. The van der Waals surface area contributed by atoms with Crippen molar-refractivity contribution in [1.29, 1.82) is 0 Å². The minimum atomic E-state index is -0.899. The molecule has 0 aromatic carbocycles. The standard InChI is InChI=1S/C8H5N7O6/c16-3-1-5(11-7(18)9-3)20-15-21-6-2(14-13-1)4(17)10-8(19)12-6/h15H,(H2,9,11,16,18)(H2,10,12,17,19)/b14-13-. The Morgan fingerprint density at radius 1 is 0.667 bits per heavy atom. The van der Waals surface area contributed by atoms with E-state index in [1.54, 1.807) is 0 Å². The molecule has 0 unspecified atom stereocenters. The summed E-state index contributed by atoms with van der Waals surface area (Å²) in [7, 11) is 0. The largest absolute Gasteiger partial charge is 0.352 e. The van der Waals surface area contributed by atoms with Gasteiger partial charge in [0.1, 0.15) is 0 Å². The van der Waals surface area contributed by atoms with E-state index in [-0.39, 0.29) is 11.8 Å². The molecule has 21 heavy (non-hydrogen) atoms. The topological polar surface area (TPSA) is 187 Å². The first-order chi connectivity index (χ1) is 10.0. The third-order valence-electron chi connectivity index (χ3n) is 2.31. The summed E-state index contributed by atoms with van der Waals surface area (Å²) < 4.78 is 0. The molecule has 13 heteroatoms. The van der Waals surface area contributed by atoms with Crippen LogP contribution in [0.25, 0.3) is 0 Å². The van der Waals surface area contributed by atoms with Crippen LogP contribution < -0.4 is 37.8 Å². The summed E-state index contributed by atoms with van der Waals surface area (Å²) in [6, 6.07) is 0. The zero-order chi connectivity index (χ0) is 15.0. The molecule has 1 aliphatic heterocycles. The van der Waals surface area contributed by atoms with Crippen LogP contribution in [0.2, 0.25) is 0 Å². The number of aromatic nitrogens is 4. The van der Waals surface area contributed by atoms with Crippen molar-refractivity contribution in [3.8, 4) is 11.8 Å². The van der Waals surface area contributed by atoms with Crippen LogP contribution in [0.5, 0.6) is 11.8 Å². The van der Waals surface area contributed by atoms with Crippen molar-refractivity contribution in [2.24, 2.45) is 10.2 Å². The van der Waals surface area contributed by atoms with Crippen LogP contribution in [0.4, 0.5) is 11.4 Å². The maximum atomic E-state index is 11.6. The van der Waals surface area contributed by atoms with Gasteiger partial charge in [0.2, 0.25) is 11.4 Å². The lowest BCUT2D eigenvalue weighted by Crippen LogP contribution is -2.30. The van der Waals surface area contributed by atoms with Crippen molar-refractivity contribution in [2.75, 3.05) is 0 Å². The van der Waals surface area contributed by atoms with Gasteiger partial charge in [-0.1, -0.05) is 0 Å². The molecule has 0 bridgehead atoms. The highest BCUT2D eigenvalue weighted by Gasteiger charge is 2.17. The van der Waals surface area contributed by atoms with Crippen LogP contribution >= 0.6 is 0 Å². The third-order valence-corrected chi connectivity index (χ3v) is 2.31. The van der Waals surface area contributed by atoms with Crippen LogP contribution in [0.1, 0.15) is 0 Å². The summed E-state index contributed by atoms with van der Waals surface area (Å²) in [5, 5.41) is 7.01. The smallest absolute Gasteiger partial charge is 0.328 e. The van der Waals surface area contributed by atoms with Gasteiger partial charge >= 0.3 is 11.4 Å². The van der Waals surface area contributed by atoms with E-state index in [1.807, 2.05) is 15.6 Å². The Hall–Kier alpha value is -3.48. The van der Waals surface area contributed by atoms with Crippen LogP contribution in [-0.2, 0) is 0 Å². The summed E-state index contributed by atoms with van der Waals surface area (Å²) >= 11 is 0. The highest BCUT2D eigenvalue weighted by Crippen LogP contribution is 2.24. The molecule has 0 fully saturated rings. The monoisotopic (exact) mass is 295 g/mol. The van der Waals surface area contributed by atoms with Gasteiger partial charge in [0.15, 0.2) is 0 Å². The fourth-order valence-electron chi connectivity index (χ4n) is 1.45. The number of hydrogen-bond donors (Lipinski definition) is 5. The molecular weight excluding hydrogens is 290 g/mol. The normalized spacial score (nSPS) is 14.5. The molecule has 0 saturated heterocycles. The maximum absolute atomic E-state index is 11.6. The predicted octanol–water partition coefficient (Wildman–Crippen LogP) is -1.95. The van der Waals surface area contributed by atoms with Gasteiger partial charge in [0.05, 0.1) is 0 Å². The molecule has 2 aromatic heterocycles. The molecule has 108 valence electrons. The first-order valence-corrected chi connectivity index (χ1v) is 5.28. The van der Waals surface area contributed by atoms with Crippen molar-refractivity contribution in [1.82, 2.24) is 25.6 Å². The van der Waals surface area contributed by atoms with Crippen molar-refractivity contribution >= 4 is 11.4 Å². The van der Waals surface area contributed by atoms with Gasteiger partial charge in [-0.25, -0.2) is 9.59 Å². The number of rotatable bonds is 0. The minimum absolute atomic E-state index is 0.390. The van der Waals surface area contributed by atoms with E-state index in [0.717, 1.165) is 0 Å². The van der Waals surface area contributed by atoms with Crippen LogP contribution in [-0.4, -0.2) is 19.9 Å². The van der Waals surface area contributed by atoms with Crippen molar-refractivity contribution < 1.29 is 9.68 Å². The molecule has 0 amide bonds. The second-order valence-corrected chi connectivity index (χ2v) is 3.66. The van der Waals surface area contributed by atoms with Crippen molar-refractivity contribution in [3.05, 3.63) is 41.7 Å². The number of hydrogen-bond acceptors (Lipinski definition) is 9. The van der Waals surface area contributed by atoms with E-state index >= 15 is 0 Å². The number of H-pyrrole nitrogens is 4. The van der Waals surface area contributed by atoms with Crippen molar-refractivity contribution in [2.45, 2.75) is 0 Å². The minimum Gasteiger partial charge on any atom is -0.352 e. The number of aromatic amines is 4. The van der Waals surface area contributed by atoms with Crippen LogP contribution in [0, 0.1) is 0 Å². The third kappa shape index (κ3) is 2.23. The highest BCUT2D eigenvalue weighted by molar-refractivity contribution is 5.47. The lowest BCUT2D eigenvalue weighted by Gasteiger charge is -2.06. The van der Waals surface area contributed by atoms with E-state index in [2.05, 4.69) is 20.2 Å². The lowest BCUT2D eigenvalue weighted by atomic mass is 10.5. The summed E-state index contributed by atoms with van der Waals surface area (Å²) in [6.45, 7) is 0. The fourth-order valence-corrected chi connectivity index (χ4v) is 1.45. The van der Waals surface area contributed by atoms with E-state index < -0.39 is 33.9 Å².